The van der Waals surface area contributed by atoms with Gasteiger partial charge >= 0.3 is 6.18 Å². The smallest absolute Gasteiger partial charge is 0.207 e. The zero-order chi connectivity index (χ0) is 15.6. The van der Waals surface area contributed by atoms with E-state index in [-0.39, 0.29) is 0 Å². The highest BCUT2D eigenvalue weighted by atomic mass is 79.9. The van der Waals surface area contributed by atoms with Crippen molar-refractivity contribution in [2.24, 2.45) is 0 Å². The fourth-order valence-corrected chi connectivity index (χ4v) is 3.94. The SMILES string of the molecule is CCC(C)(CBr)NS(=O)(=O)c1ccccc1C(F)(F)F. The van der Waals surface area contributed by atoms with Crippen molar-refractivity contribution in [1.29, 1.82) is 0 Å². The highest BCUT2D eigenvalue weighted by molar-refractivity contribution is 9.09. The molecule has 1 N–H and O–H groups in total. The average molecular weight is 374 g/mol. The molecule has 1 aromatic carbocycles. The second-order valence-electron chi connectivity index (χ2n) is 4.65. The van der Waals surface area contributed by atoms with E-state index in [1.165, 1.54) is 6.07 Å². The maximum atomic E-state index is 12.9. The molecule has 0 bridgehead atoms. The standard InChI is InChI=1S/C12H15BrF3NO2S/c1-3-11(2,8-13)17-20(18,19)10-7-5-4-6-9(10)12(14,15)16/h4-7,17H,3,8H2,1-2H3. The lowest BCUT2D eigenvalue weighted by Crippen LogP contribution is -2.47. The van der Waals surface area contributed by atoms with E-state index in [2.05, 4.69) is 20.7 Å². The van der Waals surface area contributed by atoms with E-state index in [0.29, 0.717) is 11.8 Å². The molecule has 1 unspecified atom stereocenters. The van der Waals surface area contributed by atoms with Crippen LogP contribution < -0.4 is 4.72 Å². The van der Waals surface area contributed by atoms with Crippen molar-refractivity contribution in [3.63, 3.8) is 0 Å². The van der Waals surface area contributed by atoms with Gasteiger partial charge in [-0.25, -0.2) is 13.1 Å². The Labute approximate surface area is 124 Å². The van der Waals surface area contributed by atoms with Gasteiger partial charge in [-0.1, -0.05) is 35.0 Å². The Kier molecular flexibility index (Phi) is 5.26. The first-order valence-electron chi connectivity index (χ1n) is 5.82. The fraction of sp³-hybridized carbons (Fsp3) is 0.500. The van der Waals surface area contributed by atoms with Crippen LogP contribution >= 0.6 is 15.9 Å². The van der Waals surface area contributed by atoms with Crippen LogP contribution in [0, 0.1) is 0 Å². The molecule has 0 aromatic heterocycles. The molecule has 20 heavy (non-hydrogen) atoms. The summed E-state index contributed by atoms with van der Waals surface area (Å²) < 4.78 is 65.3. The van der Waals surface area contributed by atoms with Crippen LogP contribution in [0.25, 0.3) is 0 Å². The van der Waals surface area contributed by atoms with Crippen molar-refractivity contribution in [3.8, 4) is 0 Å². The van der Waals surface area contributed by atoms with Crippen LogP contribution in [0.5, 0.6) is 0 Å². The summed E-state index contributed by atoms with van der Waals surface area (Å²) in [5.41, 5.74) is -2.02. The normalized spacial score (nSPS) is 15.9. The predicted octanol–water partition coefficient (Wildman–Crippen LogP) is 3.55. The Balaban J connectivity index is 3.31. The third-order valence-electron chi connectivity index (χ3n) is 2.94. The Bertz CT molecular complexity index is 568. The van der Waals surface area contributed by atoms with E-state index in [1.54, 1.807) is 13.8 Å². The maximum absolute atomic E-state index is 12.9. The quantitative estimate of drug-likeness (QED) is 0.802. The predicted molar refractivity (Wildman–Crippen MR) is 74.3 cm³/mol. The molecule has 3 nitrogen and oxygen atoms in total. The molecule has 8 heteroatoms. The summed E-state index contributed by atoms with van der Waals surface area (Å²) in [7, 11) is -4.26. The van der Waals surface area contributed by atoms with Crippen molar-refractivity contribution in [1.82, 2.24) is 4.72 Å². The number of halogens is 4. The third-order valence-corrected chi connectivity index (χ3v) is 5.87. The Hall–Kier alpha value is -0.600. The highest BCUT2D eigenvalue weighted by Gasteiger charge is 2.38. The molecule has 0 heterocycles. The van der Waals surface area contributed by atoms with Gasteiger partial charge in [-0.15, -0.1) is 0 Å². The summed E-state index contributed by atoms with van der Waals surface area (Å²) in [6.45, 7) is 3.37. The Morgan fingerprint density at radius 1 is 1.25 bits per heavy atom. The van der Waals surface area contributed by atoms with Crippen molar-refractivity contribution in [2.45, 2.75) is 36.9 Å². The topological polar surface area (TPSA) is 46.2 Å². The molecule has 0 aliphatic carbocycles. The summed E-state index contributed by atoms with van der Waals surface area (Å²) in [5.74, 6) is 0. The molecule has 114 valence electrons. The van der Waals surface area contributed by atoms with E-state index < -0.39 is 32.2 Å². The molecular formula is C12H15BrF3NO2S. The summed E-state index contributed by atoms with van der Waals surface area (Å²) in [6, 6.07) is 4.13. The van der Waals surface area contributed by atoms with Gasteiger partial charge < -0.3 is 0 Å². The zero-order valence-corrected chi connectivity index (χ0v) is 13.4. The first kappa shape index (κ1) is 17.5. The van der Waals surface area contributed by atoms with Crippen LogP contribution in [0.3, 0.4) is 0 Å². The first-order valence-corrected chi connectivity index (χ1v) is 8.42. The fourth-order valence-electron chi connectivity index (χ4n) is 1.51. The van der Waals surface area contributed by atoms with Gasteiger partial charge in [0.1, 0.15) is 0 Å². The van der Waals surface area contributed by atoms with Crippen LogP contribution in [-0.4, -0.2) is 19.3 Å². The molecule has 0 fully saturated rings. The molecule has 0 spiro atoms. The minimum absolute atomic E-state index is 0.296. The van der Waals surface area contributed by atoms with Gasteiger partial charge in [0.15, 0.2) is 0 Å². The van der Waals surface area contributed by atoms with Crippen molar-refractivity contribution < 1.29 is 21.6 Å². The minimum atomic E-state index is -4.72. The van der Waals surface area contributed by atoms with E-state index in [1.807, 2.05) is 0 Å². The molecule has 0 aliphatic heterocycles. The molecule has 0 radical (unpaired) electrons. The van der Waals surface area contributed by atoms with E-state index >= 15 is 0 Å². The van der Waals surface area contributed by atoms with Gasteiger partial charge in [0.25, 0.3) is 0 Å². The maximum Gasteiger partial charge on any atom is 0.417 e. The lowest BCUT2D eigenvalue weighted by atomic mass is 10.0. The van der Waals surface area contributed by atoms with Crippen LogP contribution in [0.1, 0.15) is 25.8 Å². The molecule has 1 aromatic rings. The van der Waals surface area contributed by atoms with Crippen LogP contribution in [-0.2, 0) is 16.2 Å². The number of nitrogens with one attached hydrogen (secondary N) is 1. The molecule has 1 atom stereocenters. The number of alkyl halides is 4. The van der Waals surface area contributed by atoms with Crippen LogP contribution in [0.15, 0.2) is 29.2 Å². The van der Waals surface area contributed by atoms with Crippen molar-refractivity contribution in [3.05, 3.63) is 29.8 Å². The second-order valence-corrected chi connectivity index (χ2v) is 6.86. The lowest BCUT2D eigenvalue weighted by molar-refractivity contribution is -0.139. The average Bonchev–Trinajstić information content (AvgIpc) is 2.37. The molecule has 0 aliphatic rings. The summed E-state index contributed by atoms with van der Waals surface area (Å²) in [6.07, 6.45) is -4.28. The zero-order valence-electron chi connectivity index (χ0n) is 11.0. The van der Waals surface area contributed by atoms with Crippen LogP contribution in [0.4, 0.5) is 13.2 Å². The van der Waals surface area contributed by atoms with E-state index in [0.717, 1.165) is 18.2 Å². The Morgan fingerprint density at radius 3 is 2.25 bits per heavy atom. The van der Waals surface area contributed by atoms with E-state index in [9.17, 15) is 21.6 Å². The van der Waals surface area contributed by atoms with Crippen molar-refractivity contribution in [2.75, 3.05) is 5.33 Å². The lowest BCUT2D eigenvalue weighted by Gasteiger charge is -2.27. The monoisotopic (exact) mass is 373 g/mol. The largest absolute Gasteiger partial charge is 0.417 e. The summed E-state index contributed by atoms with van der Waals surface area (Å²) >= 11 is 3.17. The number of benzene rings is 1. The number of hydrogen-bond acceptors (Lipinski definition) is 2. The van der Waals surface area contributed by atoms with Crippen molar-refractivity contribution >= 4 is 26.0 Å². The number of hydrogen-bond donors (Lipinski definition) is 1. The summed E-state index contributed by atoms with van der Waals surface area (Å²) in [5, 5.41) is 0.296. The van der Waals surface area contributed by atoms with E-state index in [4.69, 9.17) is 0 Å². The van der Waals surface area contributed by atoms with Gasteiger partial charge in [-0.2, -0.15) is 13.2 Å². The summed E-state index contributed by atoms with van der Waals surface area (Å²) in [4.78, 5) is -0.756. The van der Waals surface area contributed by atoms with Gasteiger partial charge in [-0.05, 0) is 25.5 Å². The molecule has 0 amide bonds. The van der Waals surface area contributed by atoms with Gasteiger partial charge in [0.2, 0.25) is 10.0 Å². The molecule has 1 rings (SSSR count). The number of sulfonamides is 1. The second kappa shape index (κ2) is 6.03. The van der Waals surface area contributed by atoms with Crippen LogP contribution in [0.2, 0.25) is 0 Å². The van der Waals surface area contributed by atoms with Gasteiger partial charge in [0, 0.05) is 10.9 Å². The molecule has 0 saturated carbocycles. The van der Waals surface area contributed by atoms with Gasteiger partial charge in [-0.3, -0.25) is 0 Å². The number of rotatable bonds is 5. The Morgan fingerprint density at radius 2 is 1.80 bits per heavy atom. The molecule has 0 saturated heterocycles. The highest BCUT2D eigenvalue weighted by Crippen LogP contribution is 2.34. The van der Waals surface area contributed by atoms with Gasteiger partial charge in [0.05, 0.1) is 10.5 Å². The third kappa shape index (κ3) is 3.95. The minimum Gasteiger partial charge on any atom is -0.207 e. The molecular weight excluding hydrogens is 359 g/mol. The first-order chi connectivity index (χ1) is 9.06.